The summed E-state index contributed by atoms with van der Waals surface area (Å²) in [5.74, 6) is 1.46. The van der Waals surface area contributed by atoms with Crippen LogP contribution in [0.1, 0.15) is 38.1 Å². The monoisotopic (exact) mass is 224 g/mol. The van der Waals surface area contributed by atoms with Gasteiger partial charge in [-0.25, -0.2) is 0 Å². The Labute approximate surface area is 96.2 Å². The van der Waals surface area contributed by atoms with E-state index in [0.717, 1.165) is 12.5 Å². The molecule has 16 heavy (non-hydrogen) atoms. The zero-order valence-corrected chi connectivity index (χ0v) is 10.2. The first-order valence-corrected chi connectivity index (χ1v) is 5.92. The molecular formula is C11H20N4O. The Kier molecular flexibility index (Phi) is 3.43. The van der Waals surface area contributed by atoms with Gasteiger partial charge in [-0.2, -0.15) is 0 Å². The van der Waals surface area contributed by atoms with E-state index in [1.165, 1.54) is 19.3 Å². The maximum absolute atomic E-state index is 5.61. The van der Waals surface area contributed by atoms with Crippen LogP contribution in [0.2, 0.25) is 0 Å². The fourth-order valence-corrected chi connectivity index (χ4v) is 1.82. The first-order chi connectivity index (χ1) is 7.70. The quantitative estimate of drug-likeness (QED) is 0.823. The predicted octanol–water partition coefficient (Wildman–Crippen LogP) is 1.59. The molecule has 0 spiro atoms. The van der Waals surface area contributed by atoms with Crippen LogP contribution in [-0.4, -0.2) is 30.8 Å². The molecule has 5 heteroatoms. The molecule has 1 saturated carbocycles. The van der Waals surface area contributed by atoms with Crippen LogP contribution >= 0.6 is 0 Å². The van der Waals surface area contributed by atoms with Crippen molar-refractivity contribution < 1.29 is 4.42 Å². The number of nitrogens with one attached hydrogen (secondary N) is 1. The van der Waals surface area contributed by atoms with Crippen LogP contribution in [0, 0.1) is 5.92 Å². The number of rotatable bonds is 5. The maximum atomic E-state index is 5.61. The average Bonchev–Trinajstić information content (AvgIpc) is 2.71. The van der Waals surface area contributed by atoms with Crippen LogP contribution in [0.15, 0.2) is 4.42 Å². The van der Waals surface area contributed by atoms with E-state index in [-0.39, 0.29) is 6.04 Å². The maximum Gasteiger partial charge on any atom is 0.317 e. The molecule has 1 atom stereocenters. The summed E-state index contributed by atoms with van der Waals surface area (Å²) in [5.41, 5.74) is 0. The number of hydrogen-bond acceptors (Lipinski definition) is 5. The Balaban J connectivity index is 1.94. The van der Waals surface area contributed by atoms with Crippen molar-refractivity contribution in [3.05, 3.63) is 5.89 Å². The lowest BCUT2D eigenvalue weighted by molar-refractivity contribution is 0.315. The van der Waals surface area contributed by atoms with E-state index in [1.54, 1.807) is 0 Å². The van der Waals surface area contributed by atoms with Crippen LogP contribution in [0.3, 0.4) is 0 Å². The van der Waals surface area contributed by atoms with Gasteiger partial charge >= 0.3 is 6.01 Å². The highest BCUT2D eigenvalue weighted by Crippen LogP contribution is 2.28. The molecule has 1 fully saturated rings. The number of aromatic nitrogens is 2. The van der Waals surface area contributed by atoms with Gasteiger partial charge in [0.25, 0.3) is 0 Å². The molecular weight excluding hydrogens is 204 g/mol. The van der Waals surface area contributed by atoms with E-state index in [9.17, 15) is 0 Å². The Morgan fingerprint density at radius 3 is 2.81 bits per heavy atom. The summed E-state index contributed by atoms with van der Waals surface area (Å²) in [6.07, 6.45) is 4.03. The molecule has 1 unspecified atom stereocenters. The minimum absolute atomic E-state index is 0.110. The van der Waals surface area contributed by atoms with Crippen molar-refractivity contribution in [2.75, 3.05) is 25.5 Å². The summed E-state index contributed by atoms with van der Waals surface area (Å²) in [6, 6.07) is 0.738. The average molecular weight is 224 g/mol. The second-order valence-corrected chi connectivity index (χ2v) is 4.61. The number of anilines is 1. The molecule has 0 aliphatic heterocycles. The van der Waals surface area contributed by atoms with E-state index in [2.05, 4.69) is 20.4 Å². The molecule has 5 nitrogen and oxygen atoms in total. The van der Waals surface area contributed by atoms with Gasteiger partial charge in [-0.3, -0.25) is 0 Å². The van der Waals surface area contributed by atoms with E-state index in [4.69, 9.17) is 4.42 Å². The largest absolute Gasteiger partial charge is 0.406 e. The zero-order valence-electron chi connectivity index (χ0n) is 10.2. The molecule has 0 radical (unpaired) electrons. The van der Waals surface area contributed by atoms with Crippen molar-refractivity contribution in [2.45, 2.75) is 32.2 Å². The molecule has 0 bridgehead atoms. The highest BCUT2D eigenvalue weighted by Gasteiger charge is 2.22. The molecule has 1 heterocycles. The predicted molar refractivity (Wildman–Crippen MR) is 62.4 cm³/mol. The normalized spacial score (nSPS) is 18.2. The van der Waals surface area contributed by atoms with Gasteiger partial charge in [0, 0.05) is 13.6 Å². The second kappa shape index (κ2) is 4.82. The summed E-state index contributed by atoms with van der Waals surface area (Å²) in [6.45, 7) is 3.03. The third-order valence-corrected chi connectivity index (χ3v) is 3.32. The summed E-state index contributed by atoms with van der Waals surface area (Å²) >= 11 is 0. The van der Waals surface area contributed by atoms with Gasteiger partial charge in [-0.15, -0.1) is 5.10 Å². The van der Waals surface area contributed by atoms with Crippen molar-refractivity contribution in [1.82, 2.24) is 15.5 Å². The highest BCUT2D eigenvalue weighted by atomic mass is 16.4. The minimum atomic E-state index is 0.110. The number of nitrogens with zero attached hydrogens (tertiary/aromatic N) is 3. The summed E-state index contributed by atoms with van der Waals surface area (Å²) in [4.78, 5) is 2.06. The lowest BCUT2D eigenvalue weighted by Gasteiger charge is -2.29. The molecule has 1 aliphatic rings. The van der Waals surface area contributed by atoms with Gasteiger partial charge in [0.15, 0.2) is 0 Å². The van der Waals surface area contributed by atoms with Crippen LogP contribution in [0.4, 0.5) is 6.01 Å². The summed E-state index contributed by atoms with van der Waals surface area (Å²) in [5, 5.41) is 11.2. The summed E-state index contributed by atoms with van der Waals surface area (Å²) < 4.78 is 5.61. The minimum Gasteiger partial charge on any atom is -0.406 e. The van der Waals surface area contributed by atoms with E-state index in [0.29, 0.717) is 11.9 Å². The van der Waals surface area contributed by atoms with Crippen molar-refractivity contribution >= 4 is 6.01 Å². The van der Waals surface area contributed by atoms with E-state index < -0.39 is 0 Å². The second-order valence-electron chi connectivity index (χ2n) is 4.61. The molecule has 1 aliphatic carbocycles. The standard InChI is InChI=1S/C11H20N4O/c1-8(12-2)10-13-14-11(16-10)15(3)7-9-5-4-6-9/h8-9,12H,4-7H2,1-3H3. The highest BCUT2D eigenvalue weighted by molar-refractivity contribution is 5.22. The van der Waals surface area contributed by atoms with Crippen LogP contribution in [0.25, 0.3) is 0 Å². The zero-order chi connectivity index (χ0) is 11.5. The van der Waals surface area contributed by atoms with Gasteiger partial charge in [0.05, 0.1) is 6.04 Å². The van der Waals surface area contributed by atoms with Gasteiger partial charge in [0.1, 0.15) is 0 Å². The molecule has 0 saturated heterocycles. The van der Waals surface area contributed by atoms with Gasteiger partial charge in [-0.1, -0.05) is 11.5 Å². The van der Waals surface area contributed by atoms with E-state index in [1.807, 2.05) is 21.0 Å². The van der Waals surface area contributed by atoms with Crippen molar-refractivity contribution in [2.24, 2.45) is 5.92 Å². The molecule has 1 N–H and O–H groups in total. The van der Waals surface area contributed by atoms with Crippen LogP contribution < -0.4 is 10.2 Å². The van der Waals surface area contributed by atoms with Crippen LogP contribution in [0.5, 0.6) is 0 Å². The molecule has 2 rings (SSSR count). The molecule has 1 aromatic rings. The van der Waals surface area contributed by atoms with Gasteiger partial charge in [-0.05, 0) is 32.7 Å². The Morgan fingerprint density at radius 2 is 2.25 bits per heavy atom. The Hall–Kier alpha value is -1.10. The fraction of sp³-hybridized carbons (Fsp3) is 0.818. The van der Waals surface area contributed by atoms with E-state index >= 15 is 0 Å². The van der Waals surface area contributed by atoms with Crippen molar-refractivity contribution in [3.8, 4) is 0 Å². The molecule has 0 aromatic carbocycles. The molecule has 1 aromatic heterocycles. The SMILES string of the molecule is CNC(C)c1nnc(N(C)CC2CCC2)o1. The lowest BCUT2D eigenvalue weighted by Crippen LogP contribution is -2.29. The van der Waals surface area contributed by atoms with Crippen molar-refractivity contribution in [3.63, 3.8) is 0 Å². The van der Waals surface area contributed by atoms with Crippen LogP contribution in [-0.2, 0) is 0 Å². The third-order valence-electron chi connectivity index (χ3n) is 3.32. The molecule has 90 valence electrons. The number of hydrogen-bond donors (Lipinski definition) is 1. The van der Waals surface area contributed by atoms with Crippen molar-refractivity contribution in [1.29, 1.82) is 0 Å². The fourth-order valence-electron chi connectivity index (χ4n) is 1.82. The van der Waals surface area contributed by atoms with Gasteiger partial charge in [0.2, 0.25) is 5.89 Å². The Bertz CT molecular complexity index is 334. The first kappa shape index (κ1) is 11.4. The third kappa shape index (κ3) is 2.35. The smallest absolute Gasteiger partial charge is 0.317 e. The molecule has 0 amide bonds. The lowest BCUT2D eigenvalue weighted by atomic mass is 9.85. The van der Waals surface area contributed by atoms with Gasteiger partial charge < -0.3 is 14.6 Å². The topological polar surface area (TPSA) is 54.2 Å². The Morgan fingerprint density at radius 1 is 1.50 bits per heavy atom. The first-order valence-electron chi connectivity index (χ1n) is 5.92. The summed E-state index contributed by atoms with van der Waals surface area (Å²) in [7, 11) is 3.90.